The minimum absolute atomic E-state index is 0.128. The maximum atomic E-state index is 13.1. The number of halogens is 1. The van der Waals surface area contributed by atoms with Gasteiger partial charge in [-0.1, -0.05) is 25.5 Å². The molecule has 0 bridgehead atoms. The molecule has 1 heterocycles. The second-order valence-corrected chi connectivity index (χ2v) is 4.24. The van der Waals surface area contributed by atoms with Gasteiger partial charge in [0.15, 0.2) is 0 Å². The van der Waals surface area contributed by atoms with E-state index >= 15 is 0 Å². The molecule has 2 aromatic rings. The minimum Gasteiger partial charge on any atom is -0.321 e. The molecule has 0 radical (unpaired) electrons. The van der Waals surface area contributed by atoms with Crippen LogP contribution in [0.15, 0.2) is 36.7 Å². The summed E-state index contributed by atoms with van der Waals surface area (Å²) in [6.45, 7) is 2.07. The summed E-state index contributed by atoms with van der Waals surface area (Å²) in [7, 11) is 0. The Morgan fingerprint density at radius 3 is 2.56 bits per heavy atom. The highest BCUT2D eigenvalue weighted by molar-refractivity contribution is 5.61. The molecule has 0 aliphatic carbocycles. The van der Waals surface area contributed by atoms with Gasteiger partial charge in [0.2, 0.25) is 0 Å². The average molecular weight is 245 g/mol. The maximum absolute atomic E-state index is 13.1. The van der Waals surface area contributed by atoms with Crippen molar-refractivity contribution < 1.29 is 4.39 Å². The summed E-state index contributed by atoms with van der Waals surface area (Å²) in [5.41, 5.74) is 7.50. The fourth-order valence-corrected chi connectivity index (χ4v) is 1.79. The number of nitrogens with zero attached hydrogens (tertiary/aromatic N) is 2. The van der Waals surface area contributed by atoms with E-state index in [-0.39, 0.29) is 11.9 Å². The lowest BCUT2D eigenvalue weighted by atomic mass is 10.1. The number of hydrogen-bond acceptors (Lipinski definition) is 3. The van der Waals surface area contributed by atoms with Gasteiger partial charge in [-0.25, -0.2) is 14.4 Å². The normalized spacial score (nSPS) is 12.4. The summed E-state index contributed by atoms with van der Waals surface area (Å²) < 4.78 is 13.1. The Labute approximate surface area is 106 Å². The van der Waals surface area contributed by atoms with Crippen molar-refractivity contribution in [1.29, 1.82) is 0 Å². The molecule has 2 rings (SSSR count). The molecule has 0 amide bonds. The highest BCUT2D eigenvalue weighted by Gasteiger charge is 2.08. The van der Waals surface area contributed by atoms with Crippen LogP contribution < -0.4 is 5.73 Å². The van der Waals surface area contributed by atoms with Crippen molar-refractivity contribution in [2.75, 3.05) is 0 Å². The van der Waals surface area contributed by atoms with Gasteiger partial charge in [0.05, 0.1) is 6.04 Å². The summed E-state index contributed by atoms with van der Waals surface area (Å²) in [5, 5.41) is 0. The molecule has 1 atom stereocenters. The van der Waals surface area contributed by atoms with Crippen LogP contribution in [-0.2, 0) is 0 Å². The van der Waals surface area contributed by atoms with E-state index in [1.165, 1.54) is 12.1 Å². The van der Waals surface area contributed by atoms with Crippen LogP contribution in [0.3, 0.4) is 0 Å². The van der Waals surface area contributed by atoms with E-state index in [9.17, 15) is 4.39 Å². The zero-order valence-electron chi connectivity index (χ0n) is 10.3. The zero-order valence-corrected chi connectivity index (χ0v) is 10.3. The predicted octanol–water partition coefficient (Wildman–Crippen LogP) is 3.08. The SMILES string of the molecule is CCCC(N)c1ncc(-c2cccc(F)c2)cn1. The van der Waals surface area contributed by atoms with Gasteiger partial charge in [0, 0.05) is 18.0 Å². The summed E-state index contributed by atoms with van der Waals surface area (Å²) >= 11 is 0. The van der Waals surface area contributed by atoms with Gasteiger partial charge >= 0.3 is 0 Å². The van der Waals surface area contributed by atoms with Crippen molar-refractivity contribution in [2.45, 2.75) is 25.8 Å². The third kappa shape index (κ3) is 2.90. The van der Waals surface area contributed by atoms with Crippen molar-refractivity contribution in [3.05, 3.63) is 48.3 Å². The molecule has 94 valence electrons. The minimum atomic E-state index is -0.265. The van der Waals surface area contributed by atoms with E-state index in [2.05, 4.69) is 16.9 Å². The van der Waals surface area contributed by atoms with Gasteiger partial charge in [0.25, 0.3) is 0 Å². The van der Waals surface area contributed by atoms with E-state index in [1.54, 1.807) is 18.5 Å². The van der Waals surface area contributed by atoms with Gasteiger partial charge < -0.3 is 5.73 Å². The monoisotopic (exact) mass is 245 g/mol. The van der Waals surface area contributed by atoms with E-state index in [0.29, 0.717) is 5.82 Å². The standard InChI is InChI=1S/C14H16FN3/c1-2-4-13(16)14-17-8-11(9-18-14)10-5-3-6-12(15)7-10/h3,5-9,13H,2,4,16H2,1H3. The van der Waals surface area contributed by atoms with Crippen LogP contribution in [0, 0.1) is 5.82 Å². The summed E-state index contributed by atoms with van der Waals surface area (Å²) in [6.07, 6.45) is 5.23. The second-order valence-electron chi connectivity index (χ2n) is 4.24. The second kappa shape index (κ2) is 5.69. The molecule has 0 aliphatic rings. The molecule has 4 heteroatoms. The Morgan fingerprint density at radius 2 is 1.94 bits per heavy atom. The third-order valence-electron chi connectivity index (χ3n) is 2.76. The van der Waals surface area contributed by atoms with Crippen LogP contribution in [0.4, 0.5) is 4.39 Å². The highest BCUT2D eigenvalue weighted by atomic mass is 19.1. The molecule has 0 spiro atoms. The summed E-state index contributed by atoms with van der Waals surface area (Å²) in [4.78, 5) is 8.49. The van der Waals surface area contributed by atoms with Crippen LogP contribution in [0.2, 0.25) is 0 Å². The fourth-order valence-electron chi connectivity index (χ4n) is 1.79. The van der Waals surface area contributed by atoms with Gasteiger partial charge in [-0.3, -0.25) is 0 Å². The number of hydrogen-bond donors (Lipinski definition) is 1. The number of benzene rings is 1. The van der Waals surface area contributed by atoms with Crippen LogP contribution in [0.1, 0.15) is 31.6 Å². The topological polar surface area (TPSA) is 51.8 Å². The Kier molecular flexibility index (Phi) is 3.99. The smallest absolute Gasteiger partial charge is 0.144 e. The van der Waals surface area contributed by atoms with Gasteiger partial charge in [-0.15, -0.1) is 0 Å². The first-order chi connectivity index (χ1) is 8.70. The van der Waals surface area contributed by atoms with E-state index in [0.717, 1.165) is 24.0 Å². The highest BCUT2D eigenvalue weighted by Crippen LogP contribution is 2.19. The molecule has 0 aliphatic heterocycles. The van der Waals surface area contributed by atoms with E-state index in [1.807, 2.05) is 6.07 Å². The molecular weight excluding hydrogens is 229 g/mol. The molecule has 1 aromatic carbocycles. The van der Waals surface area contributed by atoms with Gasteiger partial charge in [0.1, 0.15) is 11.6 Å². The third-order valence-corrected chi connectivity index (χ3v) is 2.76. The Morgan fingerprint density at radius 1 is 1.22 bits per heavy atom. The first-order valence-electron chi connectivity index (χ1n) is 6.04. The van der Waals surface area contributed by atoms with Gasteiger partial charge in [-0.2, -0.15) is 0 Å². The predicted molar refractivity (Wildman–Crippen MR) is 69.3 cm³/mol. The molecule has 0 saturated carbocycles. The quantitative estimate of drug-likeness (QED) is 0.900. The fraction of sp³-hybridized carbons (Fsp3) is 0.286. The van der Waals surface area contributed by atoms with E-state index in [4.69, 9.17) is 5.73 Å². The average Bonchev–Trinajstić information content (AvgIpc) is 2.39. The lowest BCUT2D eigenvalue weighted by Gasteiger charge is -2.09. The molecule has 18 heavy (non-hydrogen) atoms. The van der Waals surface area contributed by atoms with E-state index < -0.39 is 0 Å². The van der Waals surface area contributed by atoms with Crippen LogP contribution in [0.5, 0.6) is 0 Å². The van der Waals surface area contributed by atoms with Crippen molar-refractivity contribution in [3.63, 3.8) is 0 Å². The Balaban J connectivity index is 2.22. The van der Waals surface area contributed by atoms with Crippen molar-refractivity contribution in [3.8, 4) is 11.1 Å². The van der Waals surface area contributed by atoms with Crippen molar-refractivity contribution in [1.82, 2.24) is 9.97 Å². The summed E-state index contributed by atoms with van der Waals surface area (Å²) in [5.74, 6) is 0.372. The Hall–Kier alpha value is -1.81. The number of aromatic nitrogens is 2. The van der Waals surface area contributed by atoms with Crippen molar-refractivity contribution >= 4 is 0 Å². The maximum Gasteiger partial charge on any atom is 0.144 e. The molecule has 0 saturated heterocycles. The molecule has 3 nitrogen and oxygen atoms in total. The zero-order chi connectivity index (χ0) is 13.0. The molecular formula is C14H16FN3. The molecule has 1 unspecified atom stereocenters. The van der Waals surface area contributed by atoms with Gasteiger partial charge in [-0.05, 0) is 24.1 Å². The number of nitrogens with two attached hydrogens (primary N) is 1. The first kappa shape index (κ1) is 12.6. The molecule has 2 N–H and O–H groups in total. The Bertz CT molecular complexity index is 511. The van der Waals surface area contributed by atoms with Crippen LogP contribution in [0.25, 0.3) is 11.1 Å². The summed E-state index contributed by atoms with van der Waals surface area (Å²) in [6, 6.07) is 6.24. The van der Waals surface area contributed by atoms with Crippen molar-refractivity contribution in [2.24, 2.45) is 5.73 Å². The lowest BCUT2D eigenvalue weighted by Crippen LogP contribution is -2.13. The largest absolute Gasteiger partial charge is 0.321 e. The van der Waals surface area contributed by atoms with Crippen LogP contribution >= 0.6 is 0 Å². The number of rotatable bonds is 4. The van der Waals surface area contributed by atoms with Crippen LogP contribution in [-0.4, -0.2) is 9.97 Å². The lowest BCUT2D eigenvalue weighted by molar-refractivity contribution is 0.602. The molecule has 1 aromatic heterocycles. The molecule has 0 fully saturated rings. The first-order valence-corrected chi connectivity index (χ1v) is 6.04.